The van der Waals surface area contributed by atoms with Gasteiger partial charge in [0.1, 0.15) is 5.82 Å². The van der Waals surface area contributed by atoms with E-state index in [9.17, 15) is 8.78 Å². The summed E-state index contributed by atoms with van der Waals surface area (Å²) in [6, 6.07) is 7.11. The van der Waals surface area contributed by atoms with Gasteiger partial charge in [-0.3, -0.25) is 0 Å². The highest BCUT2D eigenvalue weighted by molar-refractivity contribution is 5.33. The van der Waals surface area contributed by atoms with E-state index >= 15 is 0 Å². The van der Waals surface area contributed by atoms with E-state index < -0.39 is 11.6 Å². The number of hydrogen-bond donors (Lipinski definition) is 1. The van der Waals surface area contributed by atoms with Crippen LogP contribution >= 0.6 is 0 Å². The molecule has 0 atom stereocenters. The summed E-state index contributed by atoms with van der Waals surface area (Å²) in [5.74, 6) is -0.881. The lowest BCUT2D eigenvalue weighted by atomic mass is 10.2. The SMILES string of the molecule is NCc1cc(F)cnc1Oc1ccccc1F. The fourth-order valence-electron chi connectivity index (χ4n) is 1.34. The second-order valence-electron chi connectivity index (χ2n) is 3.35. The molecule has 0 saturated heterocycles. The van der Waals surface area contributed by atoms with Crippen LogP contribution in [0.25, 0.3) is 0 Å². The molecule has 2 N–H and O–H groups in total. The number of nitrogens with two attached hydrogens (primary N) is 1. The molecule has 5 heteroatoms. The number of benzene rings is 1. The molecule has 88 valence electrons. The summed E-state index contributed by atoms with van der Waals surface area (Å²) in [4.78, 5) is 3.74. The highest BCUT2D eigenvalue weighted by Gasteiger charge is 2.09. The zero-order chi connectivity index (χ0) is 12.3. The summed E-state index contributed by atoms with van der Waals surface area (Å²) in [7, 11) is 0. The minimum absolute atomic E-state index is 0.0290. The monoisotopic (exact) mass is 236 g/mol. The van der Waals surface area contributed by atoms with Gasteiger partial charge in [-0.1, -0.05) is 12.1 Å². The summed E-state index contributed by atoms with van der Waals surface area (Å²) in [6.07, 6.45) is 0.995. The van der Waals surface area contributed by atoms with Crippen molar-refractivity contribution in [3.63, 3.8) is 0 Å². The second kappa shape index (κ2) is 4.88. The zero-order valence-electron chi connectivity index (χ0n) is 8.86. The summed E-state index contributed by atoms with van der Waals surface area (Å²) in [5.41, 5.74) is 5.81. The van der Waals surface area contributed by atoms with Crippen molar-refractivity contribution in [2.45, 2.75) is 6.54 Å². The lowest BCUT2D eigenvalue weighted by Crippen LogP contribution is -2.02. The molecule has 0 unspecified atom stereocenters. The number of hydrogen-bond acceptors (Lipinski definition) is 3. The van der Waals surface area contributed by atoms with Crippen LogP contribution in [0.5, 0.6) is 11.6 Å². The van der Waals surface area contributed by atoms with Crippen molar-refractivity contribution in [3.8, 4) is 11.6 Å². The average molecular weight is 236 g/mol. The van der Waals surface area contributed by atoms with Crippen LogP contribution in [-0.2, 0) is 6.54 Å². The third kappa shape index (κ3) is 2.57. The van der Waals surface area contributed by atoms with E-state index in [4.69, 9.17) is 10.5 Å². The van der Waals surface area contributed by atoms with Crippen LogP contribution in [0.4, 0.5) is 8.78 Å². The average Bonchev–Trinajstić information content (AvgIpc) is 2.34. The van der Waals surface area contributed by atoms with Crippen LogP contribution in [0, 0.1) is 11.6 Å². The number of halogens is 2. The van der Waals surface area contributed by atoms with Crippen molar-refractivity contribution >= 4 is 0 Å². The molecule has 0 aliphatic rings. The molecule has 17 heavy (non-hydrogen) atoms. The van der Waals surface area contributed by atoms with Crippen molar-refractivity contribution < 1.29 is 13.5 Å². The Morgan fingerprint density at radius 2 is 2.00 bits per heavy atom. The van der Waals surface area contributed by atoms with E-state index in [1.54, 1.807) is 12.1 Å². The molecule has 1 aromatic carbocycles. The van der Waals surface area contributed by atoms with Gasteiger partial charge in [0.05, 0.1) is 6.20 Å². The largest absolute Gasteiger partial charge is 0.436 e. The Labute approximate surface area is 96.9 Å². The normalized spacial score (nSPS) is 10.3. The zero-order valence-corrected chi connectivity index (χ0v) is 8.86. The number of rotatable bonds is 3. The molecule has 1 aromatic heterocycles. The Morgan fingerprint density at radius 1 is 1.24 bits per heavy atom. The first-order valence-electron chi connectivity index (χ1n) is 4.97. The van der Waals surface area contributed by atoms with E-state index in [0.29, 0.717) is 5.56 Å². The molecule has 2 rings (SSSR count). The Morgan fingerprint density at radius 3 is 2.71 bits per heavy atom. The van der Waals surface area contributed by atoms with Crippen LogP contribution in [0.1, 0.15) is 5.56 Å². The van der Waals surface area contributed by atoms with E-state index in [1.165, 1.54) is 18.2 Å². The van der Waals surface area contributed by atoms with Gasteiger partial charge in [-0.2, -0.15) is 0 Å². The molecule has 0 radical (unpaired) electrons. The molecule has 1 heterocycles. The second-order valence-corrected chi connectivity index (χ2v) is 3.35. The lowest BCUT2D eigenvalue weighted by molar-refractivity contribution is 0.420. The third-order valence-corrected chi connectivity index (χ3v) is 2.16. The number of para-hydroxylation sites is 1. The Kier molecular flexibility index (Phi) is 3.30. The molecule has 3 nitrogen and oxygen atoms in total. The molecular formula is C12H10F2N2O. The summed E-state index contributed by atoms with van der Waals surface area (Å²) in [5, 5.41) is 0. The van der Waals surface area contributed by atoms with Crippen LogP contribution in [0.15, 0.2) is 36.5 Å². The molecule has 0 aliphatic carbocycles. The molecular weight excluding hydrogens is 226 g/mol. The van der Waals surface area contributed by atoms with Gasteiger partial charge in [0, 0.05) is 12.1 Å². The van der Waals surface area contributed by atoms with Crippen LogP contribution < -0.4 is 10.5 Å². The third-order valence-electron chi connectivity index (χ3n) is 2.16. The molecule has 0 bridgehead atoms. The highest BCUT2D eigenvalue weighted by atomic mass is 19.1. The summed E-state index contributed by atoms with van der Waals surface area (Å²) < 4.78 is 31.5. The minimum atomic E-state index is -0.512. The topological polar surface area (TPSA) is 48.1 Å². The van der Waals surface area contributed by atoms with Crippen LogP contribution in [-0.4, -0.2) is 4.98 Å². The smallest absolute Gasteiger partial charge is 0.224 e. The predicted molar refractivity (Wildman–Crippen MR) is 58.6 cm³/mol. The van der Waals surface area contributed by atoms with E-state index in [2.05, 4.69) is 4.98 Å². The number of nitrogens with zero attached hydrogens (tertiary/aromatic N) is 1. The summed E-state index contributed by atoms with van der Waals surface area (Å²) >= 11 is 0. The molecule has 0 saturated carbocycles. The van der Waals surface area contributed by atoms with Gasteiger partial charge in [0.25, 0.3) is 0 Å². The fourth-order valence-corrected chi connectivity index (χ4v) is 1.34. The number of aromatic nitrogens is 1. The van der Waals surface area contributed by atoms with Crippen molar-refractivity contribution in [1.82, 2.24) is 4.98 Å². The van der Waals surface area contributed by atoms with E-state index in [0.717, 1.165) is 6.20 Å². The molecule has 0 spiro atoms. The first-order valence-corrected chi connectivity index (χ1v) is 4.97. The Balaban J connectivity index is 2.33. The maximum Gasteiger partial charge on any atom is 0.224 e. The van der Waals surface area contributed by atoms with Gasteiger partial charge in [0.15, 0.2) is 11.6 Å². The minimum Gasteiger partial charge on any atom is -0.436 e. The van der Waals surface area contributed by atoms with Gasteiger partial charge in [-0.15, -0.1) is 0 Å². The van der Waals surface area contributed by atoms with Gasteiger partial charge in [-0.25, -0.2) is 13.8 Å². The molecule has 0 fully saturated rings. The molecule has 2 aromatic rings. The number of pyridine rings is 1. The van der Waals surface area contributed by atoms with Crippen molar-refractivity contribution in [2.24, 2.45) is 5.73 Å². The van der Waals surface area contributed by atoms with E-state index in [1.807, 2.05) is 0 Å². The summed E-state index contributed by atoms with van der Waals surface area (Å²) in [6.45, 7) is 0.0640. The van der Waals surface area contributed by atoms with Crippen molar-refractivity contribution in [3.05, 3.63) is 53.7 Å². The predicted octanol–water partition coefficient (Wildman–Crippen LogP) is 2.61. The number of ether oxygens (including phenoxy) is 1. The highest BCUT2D eigenvalue weighted by Crippen LogP contribution is 2.25. The lowest BCUT2D eigenvalue weighted by Gasteiger charge is -2.09. The van der Waals surface area contributed by atoms with Gasteiger partial charge >= 0.3 is 0 Å². The maximum absolute atomic E-state index is 13.3. The van der Waals surface area contributed by atoms with Gasteiger partial charge < -0.3 is 10.5 Å². The van der Waals surface area contributed by atoms with E-state index in [-0.39, 0.29) is 18.2 Å². The van der Waals surface area contributed by atoms with Crippen LogP contribution in [0.3, 0.4) is 0 Å². The van der Waals surface area contributed by atoms with Crippen LogP contribution in [0.2, 0.25) is 0 Å². The molecule has 0 amide bonds. The fraction of sp³-hybridized carbons (Fsp3) is 0.0833. The first-order chi connectivity index (χ1) is 8.20. The van der Waals surface area contributed by atoms with Gasteiger partial charge in [0.2, 0.25) is 5.88 Å². The van der Waals surface area contributed by atoms with Gasteiger partial charge in [-0.05, 0) is 18.2 Å². The van der Waals surface area contributed by atoms with Crippen molar-refractivity contribution in [2.75, 3.05) is 0 Å². The van der Waals surface area contributed by atoms with Crippen molar-refractivity contribution in [1.29, 1.82) is 0 Å². The Hall–Kier alpha value is -2.01. The molecule has 0 aliphatic heterocycles. The quantitative estimate of drug-likeness (QED) is 0.891. The maximum atomic E-state index is 13.3. The standard InChI is InChI=1S/C12H10F2N2O/c13-9-5-8(6-15)12(16-7-9)17-11-4-2-1-3-10(11)14/h1-5,7H,6,15H2. The first kappa shape index (κ1) is 11.5. The Bertz CT molecular complexity index is 532.